The summed E-state index contributed by atoms with van der Waals surface area (Å²) in [6, 6.07) is 41.6. The van der Waals surface area contributed by atoms with Crippen LogP contribution in [0.5, 0.6) is 0 Å². The standard InChI is InChI=1S/C38H22N4O/c1-2-8-24(9-3-1)36-40-37(27-15-16-30-26(19-27)14-13-23-7-4-5-10-29(23)30)42-38(41-36)31-11-6-12-33-35(31)32-20-25-17-18-39-22-28(25)21-34(32)43-33/h1-22H. The fraction of sp³-hybridized carbons (Fsp3) is 0. The molecular formula is C38H22N4O. The van der Waals surface area contributed by atoms with Crippen LogP contribution in [0.2, 0.25) is 0 Å². The molecule has 0 unspecified atom stereocenters. The number of furan rings is 1. The van der Waals surface area contributed by atoms with E-state index < -0.39 is 0 Å². The summed E-state index contributed by atoms with van der Waals surface area (Å²) in [5.41, 5.74) is 4.37. The summed E-state index contributed by atoms with van der Waals surface area (Å²) >= 11 is 0. The predicted octanol–water partition coefficient (Wildman–Crippen LogP) is 9.63. The summed E-state index contributed by atoms with van der Waals surface area (Å²) in [6.45, 7) is 0. The Hall–Kier alpha value is -5.94. The number of aromatic nitrogens is 4. The molecule has 0 fully saturated rings. The van der Waals surface area contributed by atoms with Crippen molar-refractivity contribution in [1.29, 1.82) is 0 Å². The van der Waals surface area contributed by atoms with E-state index in [4.69, 9.17) is 19.4 Å². The maximum Gasteiger partial charge on any atom is 0.164 e. The van der Waals surface area contributed by atoms with Gasteiger partial charge < -0.3 is 4.42 Å². The van der Waals surface area contributed by atoms with Crippen LogP contribution in [-0.4, -0.2) is 19.9 Å². The van der Waals surface area contributed by atoms with E-state index in [1.807, 2.05) is 60.9 Å². The molecule has 0 N–H and O–H groups in total. The van der Waals surface area contributed by atoms with E-state index in [9.17, 15) is 0 Å². The fourth-order valence-corrected chi connectivity index (χ4v) is 6.09. The highest BCUT2D eigenvalue weighted by Crippen LogP contribution is 2.38. The van der Waals surface area contributed by atoms with Gasteiger partial charge in [-0.1, -0.05) is 91.0 Å². The second kappa shape index (κ2) is 9.29. The molecule has 0 atom stereocenters. The van der Waals surface area contributed by atoms with Gasteiger partial charge in [0, 0.05) is 45.2 Å². The normalized spacial score (nSPS) is 11.7. The first-order valence-corrected chi connectivity index (χ1v) is 14.2. The van der Waals surface area contributed by atoms with Gasteiger partial charge in [0.05, 0.1) is 0 Å². The van der Waals surface area contributed by atoms with E-state index in [1.54, 1.807) is 0 Å². The van der Waals surface area contributed by atoms with Crippen LogP contribution < -0.4 is 0 Å². The molecular weight excluding hydrogens is 528 g/mol. The molecule has 9 rings (SSSR count). The molecule has 3 heterocycles. The zero-order valence-electron chi connectivity index (χ0n) is 22.9. The van der Waals surface area contributed by atoms with E-state index in [0.717, 1.165) is 54.8 Å². The van der Waals surface area contributed by atoms with Crippen molar-refractivity contribution in [2.45, 2.75) is 0 Å². The van der Waals surface area contributed by atoms with Crippen molar-refractivity contribution in [2.24, 2.45) is 0 Å². The predicted molar refractivity (Wildman–Crippen MR) is 174 cm³/mol. The van der Waals surface area contributed by atoms with Gasteiger partial charge in [-0.05, 0) is 57.3 Å². The Balaban J connectivity index is 1.30. The van der Waals surface area contributed by atoms with E-state index >= 15 is 0 Å². The molecule has 0 aliphatic carbocycles. The second-order valence-electron chi connectivity index (χ2n) is 10.7. The lowest BCUT2D eigenvalue weighted by Crippen LogP contribution is -2.00. The molecule has 5 nitrogen and oxygen atoms in total. The first-order valence-electron chi connectivity index (χ1n) is 14.2. The first kappa shape index (κ1) is 23.7. The molecule has 0 aliphatic heterocycles. The number of hydrogen-bond donors (Lipinski definition) is 0. The van der Waals surface area contributed by atoms with Gasteiger partial charge in [0.25, 0.3) is 0 Å². The van der Waals surface area contributed by atoms with E-state index in [1.165, 1.54) is 16.2 Å². The largest absolute Gasteiger partial charge is 0.456 e. The number of pyridine rings is 1. The number of fused-ring (bicyclic) bond motifs is 7. The van der Waals surface area contributed by atoms with Gasteiger partial charge in [0.15, 0.2) is 17.5 Å². The third kappa shape index (κ3) is 3.86. The van der Waals surface area contributed by atoms with Crippen LogP contribution >= 0.6 is 0 Å². The fourth-order valence-electron chi connectivity index (χ4n) is 6.09. The van der Waals surface area contributed by atoms with Crippen molar-refractivity contribution in [3.8, 4) is 34.2 Å². The summed E-state index contributed by atoms with van der Waals surface area (Å²) in [7, 11) is 0. The minimum Gasteiger partial charge on any atom is -0.456 e. The van der Waals surface area contributed by atoms with Crippen molar-refractivity contribution in [2.75, 3.05) is 0 Å². The van der Waals surface area contributed by atoms with Gasteiger partial charge >= 0.3 is 0 Å². The number of rotatable bonds is 3. The number of nitrogens with zero attached hydrogens (tertiary/aromatic N) is 4. The van der Waals surface area contributed by atoms with Crippen molar-refractivity contribution < 1.29 is 4.42 Å². The molecule has 0 saturated heterocycles. The van der Waals surface area contributed by atoms with Crippen molar-refractivity contribution in [3.05, 3.63) is 134 Å². The topological polar surface area (TPSA) is 64.7 Å². The van der Waals surface area contributed by atoms with Crippen LogP contribution in [0.3, 0.4) is 0 Å². The Morgan fingerprint density at radius 2 is 1.23 bits per heavy atom. The molecule has 0 aliphatic rings. The highest BCUT2D eigenvalue weighted by Gasteiger charge is 2.18. The first-order chi connectivity index (χ1) is 21.3. The van der Waals surface area contributed by atoms with Crippen LogP contribution in [0.25, 0.3) is 88.4 Å². The van der Waals surface area contributed by atoms with Crippen molar-refractivity contribution in [1.82, 2.24) is 19.9 Å². The molecule has 0 spiro atoms. The quantitative estimate of drug-likeness (QED) is 0.205. The Kier molecular flexibility index (Phi) is 5.13. The van der Waals surface area contributed by atoms with Crippen LogP contribution in [0, 0.1) is 0 Å². The van der Waals surface area contributed by atoms with Gasteiger partial charge in [-0.3, -0.25) is 4.98 Å². The molecule has 6 aromatic carbocycles. The SMILES string of the molecule is c1ccc(-c2nc(-c3ccc4c(ccc5ccccc54)c3)nc(-c3cccc4oc5cc6cnccc6cc5c34)n2)cc1. The lowest BCUT2D eigenvalue weighted by molar-refractivity contribution is 0.669. The van der Waals surface area contributed by atoms with Gasteiger partial charge in [-0.15, -0.1) is 0 Å². The Bertz CT molecular complexity index is 2520. The third-order valence-electron chi connectivity index (χ3n) is 8.17. The summed E-state index contributed by atoms with van der Waals surface area (Å²) in [5.74, 6) is 1.85. The highest BCUT2D eigenvalue weighted by molar-refractivity contribution is 6.15. The summed E-state index contributed by atoms with van der Waals surface area (Å²) in [5, 5.41) is 8.94. The third-order valence-corrected chi connectivity index (χ3v) is 8.17. The smallest absolute Gasteiger partial charge is 0.164 e. The average Bonchev–Trinajstić information content (AvgIpc) is 3.44. The maximum absolute atomic E-state index is 6.34. The van der Waals surface area contributed by atoms with Gasteiger partial charge in [-0.2, -0.15) is 0 Å². The Labute approximate surface area is 246 Å². The molecule has 0 radical (unpaired) electrons. The van der Waals surface area contributed by atoms with Gasteiger partial charge in [-0.25, -0.2) is 15.0 Å². The van der Waals surface area contributed by atoms with E-state index in [-0.39, 0.29) is 0 Å². The van der Waals surface area contributed by atoms with Gasteiger partial charge in [0.2, 0.25) is 0 Å². The van der Waals surface area contributed by atoms with E-state index in [2.05, 4.69) is 77.8 Å². The zero-order chi connectivity index (χ0) is 28.3. The summed E-state index contributed by atoms with van der Waals surface area (Å²) < 4.78 is 6.34. The minimum absolute atomic E-state index is 0.602. The number of benzene rings is 6. The zero-order valence-corrected chi connectivity index (χ0v) is 22.9. The lowest BCUT2D eigenvalue weighted by atomic mass is 10.00. The monoisotopic (exact) mass is 550 g/mol. The molecule has 5 heteroatoms. The molecule has 43 heavy (non-hydrogen) atoms. The highest BCUT2D eigenvalue weighted by atomic mass is 16.3. The molecule has 3 aromatic heterocycles. The molecule has 200 valence electrons. The number of hydrogen-bond acceptors (Lipinski definition) is 5. The van der Waals surface area contributed by atoms with Crippen molar-refractivity contribution in [3.63, 3.8) is 0 Å². The maximum atomic E-state index is 6.34. The van der Waals surface area contributed by atoms with Crippen LogP contribution in [0.15, 0.2) is 138 Å². The summed E-state index contributed by atoms with van der Waals surface area (Å²) in [6.07, 6.45) is 3.67. The Morgan fingerprint density at radius 3 is 2.16 bits per heavy atom. The molecule has 9 aromatic rings. The molecule has 0 bridgehead atoms. The van der Waals surface area contributed by atoms with Crippen LogP contribution in [0.1, 0.15) is 0 Å². The van der Waals surface area contributed by atoms with Gasteiger partial charge in [0.1, 0.15) is 11.2 Å². The molecule has 0 saturated carbocycles. The summed E-state index contributed by atoms with van der Waals surface area (Å²) in [4.78, 5) is 19.4. The Morgan fingerprint density at radius 1 is 0.442 bits per heavy atom. The average molecular weight is 551 g/mol. The van der Waals surface area contributed by atoms with Crippen LogP contribution in [0.4, 0.5) is 0 Å². The lowest BCUT2D eigenvalue weighted by Gasteiger charge is -2.10. The van der Waals surface area contributed by atoms with E-state index in [0.29, 0.717) is 17.5 Å². The second-order valence-corrected chi connectivity index (χ2v) is 10.7. The van der Waals surface area contributed by atoms with Crippen molar-refractivity contribution >= 4 is 54.3 Å². The molecule has 0 amide bonds. The minimum atomic E-state index is 0.602. The van der Waals surface area contributed by atoms with Crippen LogP contribution in [-0.2, 0) is 0 Å².